The molecule has 0 amide bonds. The predicted octanol–water partition coefficient (Wildman–Crippen LogP) is 3.03. The van der Waals surface area contributed by atoms with Crippen LogP contribution in [-0.4, -0.2) is 25.1 Å². The summed E-state index contributed by atoms with van der Waals surface area (Å²) >= 11 is 0. The van der Waals surface area contributed by atoms with E-state index in [9.17, 15) is 4.39 Å². The highest BCUT2D eigenvalue weighted by Gasteiger charge is 2.06. The number of benzene rings is 1. The molecule has 0 aliphatic rings. The molecule has 0 saturated carbocycles. The molecular weight excluding hydrogens is 267 g/mol. The van der Waals surface area contributed by atoms with E-state index in [1.165, 1.54) is 6.07 Å². The average molecular weight is 284 g/mol. The second kappa shape index (κ2) is 7.25. The summed E-state index contributed by atoms with van der Waals surface area (Å²) in [6.07, 6.45) is 2.46. The Morgan fingerprint density at radius 1 is 1.29 bits per heavy atom. The maximum absolute atomic E-state index is 13.6. The van der Waals surface area contributed by atoms with Gasteiger partial charge in [0.1, 0.15) is 17.7 Å². The molecule has 1 N–H and O–H groups in total. The van der Waals surface area contributed by atoms with Crippen LogP contribution in [0.1, 0.15) is 12.0 Å². The summed E-state index contributed by atoms with van der Waals surface area (Å²) in [5.41, 5.74) is 1.12. The van der Waals surface area contributed by atoms with Crippen molar-refractivity contribution in [1.82, 2.24) is 4.98 Å². The third-order valence-corrected chi connectivity index (χ3v) is 3.15. The van der Waals surface area contributed by atoms with E-state index in [0.29, 0.717) is 30.2 Å². The van der Waals surface area contributed by atoms with Crippen LogP contribution < -0.4 is 10.2 Å². The lowest BCUT2D eigenvalue weighted by molar-refractivity contribution is 0.621. The molecule has 0 radical (unpaired) electrons. The van der Waals surface area contributed by atoms with Crippen molar-refractivity contribution in [3.63, 3.8) is 0 Å². The highest BCUT2D eigenvalue weighted by molar-refractivity contribution is 5.51. The van der Waals surface area contributed by atoms with Gasteiger partial charge in [0, 0.05) is 26.3 Å². The summed E-state index contributed by atoms with van der Waals surface area (Å²) in [4.78, 5) is 6.01. The number of pyridine rings is 1. The van der Waals surface area contributed by atoms with E-state index in [4.69, 9.17) is 5.26 Å². The van der Waals surface area contributed by atoms with E-state index in [2.05, 4.69) is 16.4 Å². The molecule has 1 aromatic heterocycles. The predicted molar refractivity (Wildman–Crippen MR) is 81.7 cm³/mol. The van der Waals surface area contributed by atoms with Gasteiger partial charge >= 0.3 is 0 Å². The number of nitriles is 1. The molecule has 0 atom stereocenters. The minimum Gasteiger partial charge on any atom is -0.372 e. The van der Waals surface area contributed by atoms with Gasteiger partial charge in [-0.25, -0.2) is 9.37 Å². The minimum atomic E-state index is -0.218. The molecule has 0 unspecified atom stereocenters. The zero-order valence-corrected chi connectivity index (χ0v) is 11.9. The number of nitrogens with one attached hydrogen (secondary N) is 1. The first-order valence-corrected chi connectivity index (χ1v) is 6.77. The molecule has 4 nitrogen and oxygen atoms in total. The van der Waals surface area contributed by atoms with E-state index >= 15 is 0 Å². The van der Waals surface area contributed by atoms with Crippen molar-refractivity contribution in [3.05, 3.63) is 54.0 Å². The third kappa shape index (κ3) is 3.93. The smallest absolute Gasteiger partial charge is 0.146 e. The zero-order valence-electron chi connectivity index (χ0n) is 11.9. The molecule has 0 saturated heterocycles. The van der Waals surface area contributed by atoms with Crippen LogP contribution in [0.3, 0.4) is 0 Å². The number of halogens is 1. The first-order valence-electron chi connectivity index (χ1n) is 6.77. The molecule has 0 aliphatic carbocycles. The zero-order chi connectivity index (χ0) is 15.1. The number of rotatable bonds is 6. The molecular formula is C16H17FN4. The summed E-state index contributed by atoms with van der Waals surface area (Å²) in [7, 11) is 1.86. The SMILES string of the molecule is CN(CCCNc1ncccc1C#N)c1ccccc1F. The van der Waals surface area contributed by atoms with Crippen LogP contribution in [0.4, 0.5) is 15.9 Å². The molecule has 0 fully saturated rings. The maximum Gasteiger partial charge on any atom is 0.146 e. The second-order valence-corrected chi connectivity index (χ2v) is 4.66. The number of para-hydroxylation sites is 1. The van der Waals surface area contributed by atoms with Crippen molar-refractivity contribution in [2.24, 2.45) is 0 Å². The molecule has 21 heavy (non-hydrogen) atoms. The summed E-state index contributed by atoms with van der Waals surface area (Å²) in [6, 6.07) is 12.3. The Hall–Kier alpha value is -2.61. The third-order valence-electron chi connectivity index (χ3n) is 3.15. The Labute approximate surface area is 123 Å². The van der Waals surface area contributed by atoms with Crippen LogP contribution in [0.5, 0.6) is 0 Å². The number of aromatic nitrogens is 1. The standard InChI is InChI=1S/C16H17FN4/c1-21(15-8-3-2-7-14(15)17)11-5-10-20-16-13(12-18)6-4-9-19-16/h2-4,6-9H,5,10-11H2,1H3,(H,19,20). The molecule has 1 aromatic carbocycles. The molecule has 0 aliphatic heterocycles. The Bertz CT molecular complexity index is 636. The summed E-state index contributed by atoms with van der Waals surface area (Å²) in [5.74, 6) is 0.373. The molecule has 108 valence electrons. The monoisotopic (exact) mass is 284 g/mol. The van der Waals surface area contributed by atoms with Crippen LogP contribution in [0.15, 0.2) is 42.6 Å². The van der Waals surface area contributed by atoms with Gasteiger partial charge in [0.05, 0.1) is 11.3 Å². The fourth-order valence-corrected chi connectivity index (χ4v) is 2.04. The maximum atomic E-state index is 13.6. The van der Waals surface area contributed by atoms with E-state index in [1.54, 1.807) is 30.5 Å². The average Bonchev–Trinajstić information content (AvgIpc) is 2.52. The fraction of sp³-hybridized carbons (Fsp3) is 0.250. The number of nitrogens with zero attached hydrogens (tertiary/aromatic N) is 3. The Morgan fingerprint density at radius 3 is 2.86 bits per heavy atom. The number of hydrogen-bond acceptors (Lipinski definition) is 4. The summed E-state index contributed by atoms with van der Waals surface area (Å²) in [6.45, 7) is 1.38. The van der Waals surface area contributed by atoms with Gasteiger partial charge in [-0.2, -0.15) is 5.26 Å². The minimum absolute atomic E-state index is 0.218. The Kier molecular flexibility index (Phi) is 5.10. The normalized spacial score (nSPS) is 9.95. The van der Waals surface area contributed by atoms with Crippen LogP contribution >= 0.6 is 0 Å². The van der Waals surface area contributed by atoms with Gasteiger partial charge in [0.2, 0.25) is 0 Å². The fourth-order valence-electron chi connectivity index (χ4n) is 2.04. The van der Waals surface area contributed by atoms with Gasteiger partial charge in [0.25, 0.3) is 0 Å². The molecule has 0 bridgehead atoms. The van der Waals surface area contributed by atoms with Crippen molar-refractivity contribution in [2.45, 2.75) is 6.42 Å². The van der Waals surface area contributed by atoms with E-state index in [1.807, 2.05) is 18.0 Å². The highest BCUT2D eigenvalue weighted by atomic mass is 19.1. The lowest BCUT2D eigenvalue weighted by atomic mass is 10.2. The first kappa shape index (κ1) is 14.8. The Balaban J connectivity index is 1.83. The molecule has 5 heteroatoms. The van der Waals surface area contributed by atoms with E-state index in [-0.39, 0.29) is 5.82 Å². The van der Waals surface area contributed by atoms with Crippen molar-refractivity contribution >= 4 is 11.5 Å². The lowest BCUT2D eigenvalue weighted by Gasteiger charge is -2.20. The van der Waals surface area contributed by atoms with Gasteiger partial charge in [-0.3, -0.25) is 0 Å². The van der Waals surface area contributed by atoms with Gasteiger partial charge in [-0.15, -0.1) is 0 Å². The largest absolute Gasteiger partial charge is 0.372 e. The Morgan fingerprint density at radius 2 is 2.10 bits per heavy atom. The van der Waals surface area contributed by atoms with Crippen LogP contribution in [-0.2, 0) is 0 Å². The first-order chi connectivity index (χ1) is 10.2. The van der Waals surface area contributed by atoms with Crippen molar-refractivity contribution in [1.29, 1.82) is 5.26 Å². The highest BCUT2D eigenvalue weighted by Crippen LogP contribution is 2.17. The van der Waals surface area contributed by atoms with Crippen molar-refractivity contribution in [2.75, 3.05) is 30.4 Å². The topological polar surface area (TPSA) is 52.0 Å². The summed E-state index contributed by atoms with van der Waals surface area (Å²) in [5, 5.41) is 12.1. The van der Waals surface area contributed by atoms with Crippen molar-refractivity contribution in [3.8, 4) is 6.07 Å². The van der Waals surface area contributed by atoms with E-state index in [0.717, 1.165) is 6.42 Å². The second-order valence-electron chi connectivity index (χ2n) is 4.66. The van der Waals surface area contributed by atoms with Crippen LogP contribution in [0.25, 0.3) is 0 Å². The van der Waals surface area contributed by atoms with E-state index < -0.39 is 0 Å². The summed E-state index contributed by atoms with van der Waals surface area (Å²) < 4.78 is 13.6. The van der Waals surface area contributed by atoms with Crippen LogP contribution in [0.2, 0.25) is 0 Å². The molecule has 0 spiro atoms. The molecule has 1 heterocycles. The molecule has 2 aromatic rings. The molecule has 2 rings (SSSR count). The van der Waals surface area contributed by atoms with Crippen LogP contribution in [0, 0.1) is 17.1 Å². The van der Waals surface area contributed by atoms with Gasteiger partial charge in [-0.1, -0.05) is 12.1 Å². The van der Waals surface area contributed by atoms with Gasteiger partial charge in [-0.05, 0) is 30.7 Å². The number of hydrogen-bond donors (Lipinski definition) is 1. The van der Waals surface area contributed by atoms with Gasteiger partial charge < -0.3 is 10.2 Å². The quantitative estimate of drug-likeness (QED) is 0.828. The lowest BCUT2D eigenvalue weighted by Crippen LogP contribution is -2.22. The van der Waals surface area contributed by atoms with Gasteiger partial charge in [0.15, 0.2) is 0 Å². The number of anilines is 2. The van der Waals surface area contributed by atoms with Crippen molar-refractivity contribution < 1.29 is 4.39 Å².